The molecule has 0 saturated carbocycles. The van der Waals surface area contributed by atoms with Crippen LogP contribution >= 0.6 is 0 Å². The second kappa shape index (κ2) is 6.42. The Kier molecular flexibility index (Phi) is 5.15. The molecule has 0 amide bonds. The van der Waals surface area contributed by atoms with Gasteiger partial charge in [-0.15, -0.1) is 0 Å². The average molecular weight is 285 g/mol. The smallest absolute Gasteiger partial charge is 0.345 e. The van der Waals surface area contributed by atoms with Crippen LogP contribution in [0.3, 0.4) is 0 Å². The van der Waals surface area contributed by atoms with Crippen molar-refractivity contribution < 1.29 is 23.6 Å². The molecule has 7 heteroatoms. The van der Waals surface area contributed by atoms with Gasteiger partial charge in [0.2, 0.25) is 0 Å². The predicted molar refractivity (Wildman–Crippen MR) is 69.0 cm³/mol. The van der Waals surface area contributed by atoms with Crippen LogP contribution in [-0.2, 0) is 9.47 Å². The third-order valence-electron chi connectivity index (χ3n) is 2.23. The molecule has 110 valence electrons. The van der Waals surface area contributed by atoms with Gasteiger partial charge in [-0.25, -0.2) is 9.18 Å². The molecule has 0 aliphatic carbocycles. The minimum atomic E-state index is -0.950. The zero-order chi connectivity index (χ0) is 15.3. The van der Waals surface area contributed by atoms with Gasteiger partial charge >= 0.3 is 5.97 Å². The van der Waals surface area contributed by atoms with Gasteiger partial charge in [-0.1, -0.05) is 0 Å². The molecule has 1 aromatic rings. The number of halogens is 1. The Morgan fingerprint density at radius 3 is 2.55 bits per heavy atom. The second-order valence-corrected chi connectivity index (χ2v) is 5.02. The molecule has 1 aromatic carbocycles. The van der Waals surface area contributed by atoms with Crippen molar-refractivity contribution in [2.45, 2.75) is 26.4 Å². The molecule has 0 spiro atoms. The number of hydrogen-bond acceptors (Lipinski definition) is 5. The number of esters is 1. The molecule has 20 heavy (non-hydrogen) atoms. The first-order valence-corrected chi connectivity index (χ1v) is 5.96. The van der Waals surface area contributed by atoms with Gasteiger partial charge in [-0.3, -0.25) is 10.1 Å². The standard InChI is InChI=1S/C13H16FNO5/c1-13(2,3)20-7-6-19-12(16)10-8-9(14)4-5-11(10)15(17)18/h4-5,8H,6-7H2,1-3H3. The molecule has 6 nitrogen and oxygen atoms in total. The van der Waals surface area contributed by atoms with Crippen LogP contribution in [0.5, 0.6) is 0 Å². The molecule has 0 saturated heterocycles. The summed E-state index contributed by atoms with van der Waals surface area (Å²) in [6, 6.07) is 2.63. The summed E-state index contributed by atoms with van der Waals surface area (Å²) >= 11 is 0. The van der Waals surface area contributed by atoms with E-state index in [2.05, 4.69) is 0 Å². The Balaban J connectivity index is 2.68. The Labute approximate surface area is 115 Å². The van der Waals surface area contributed by atoms with E-state index < -0.39 is 28.0 Å². The lowest BCUT2D eigenvalue weighted by Gasteiger charge is -2.19. The fraction of sp³-hybridized carbons (Fsp3) is 0.462. The highest BCUT2D eigenvalue weighted by Crippen LogP contribution is 2.20. The summed E-state index contributed by atoms with van der Waals surface area (Å²) in [7, 11) is 0. The SMILES string of the molecule is CC(C)(C)OCCOC(=O)c1cc(F)ccc1[N+](=O)[O-]. The van der Waals surface area contributed by atoms with Crippen molar-refractivity contribution in [3.8, 4) is 0 Å². The minimum Gasteiger partial charge on any atom is -0.459 e. The number of benzene rings is 1. The highest BCUT2D eigenvalue weighted by molar-refractivity contribution is 5.93. The van der Waals surface area contributed by atoms with Crippen LogP contribution in [0.2, 0.25) is 0 Å². The lowest BCUT2D eigenvalue weighted by molar-refractivity contribution is -0.385. The van der Waals surface area contributed by atoms with Crippen LogP contribution in [0.4, 0.5) is 10.1 Å². The summed E-state index contributed by atoms with van der Waals surface area (Å²) in [4.78, 5) is 21.7. The van der Waals surface area contributed by atoms with Gasteiger partial charge in [-0.2, -0.15) is 0 Å². The first-order chi connectivity index (χ1) is 9.20. The van der Waals surface area contributed by atoms with E-state index in [1.54, 1.807) is 0 Å². The highest BCUT2D eigenvalue weighted by Gasteiger charge is 2.22. The second-order valence-electron chi connectivity index (χ2n) is 5.02. The number of hydrogen-bond donors (Lipinski definition) is 0. The van der Waals surface area contributed by atoms with Crippen LogP contribution < -0.4 is 0 Å². The fourth-order valence-electron chi connectivity index (χ4n) is 1.39. The Morgan fingerprint density at radius 1 is 1.35 bits per heavy atom. The van der Waals surface area contributed by atoms with Crippen LogP contribution in [0.15, 0.2) is 18.2 Å². The van der Waals surface area contributed by atoms with Gasteiger partial charge in [0.15, 0.2) is 0 Å². The summed E-state index contributed by atoms with van der Waals surface area (Å²) in [5, 5.41) is 10.7. The van der Waals surface area contributed by atoms with Gasteiger partial charge in [0.25, 0.3) is 5.69 Å². The third-order valence-corrected chi connectivity index (χ3v) is 2.23. The molecular weight excluding hydrogens is 269 g/mol. The molecular formula is C13H16FNO5. The zero-order valence-electron chi connectivity index (χ0n) is 11.5. The maximum Gasteiger partial charge on any atom is 0.345 e. The van der Waals surface area contributed by atoms with Crippen molar-refractivity contribution in [3.05, 3.63) is 39.7 Å². The van der Waals surface area contributed by atoms with E-state index in [1.807, 2.05) is 20.8 Å². The molecule has 0 fully saturated rings. The number of carbonyl (C=O) groups is 1. The highest BCUT2D eigenvalue weighted by atomic mass is 19.1. The van der Waals surface area contributed by atoms with E-state index in [0.29, 0.717) is 0 Å². The van der Waals surface area contributed by atoms with Crippen molar-refractivity contribution >= 4 is 11.7 Å². The number of rotatable bonds is 5. The van der Waals surface area contributed by atoms with Gasteiger partial charge in [0, 0.05) is 6.07 Å². The molecule has 0 aromatic heterocycles. The maximum absolute atomic E-state index is 13.1. The molecule has 0 N–H and O–H groups in total. The van der Waals surface area contributed by atoms with E-state index >= 15 is 0 Å². The molecule has 0 heterocycles. The van der Waals surface area contributed by atoms with E-state index in [-0.39, 0.29) is 18.8 Å². The Hall–Kier alpha value is -2.02. The number of carbonyl (C=O) groups excluding carboxylic acids is 1. The van der Waals surface area contributed by atoms with Crippen molar-refractivity contribution in [2.75, 3.05) is 13.2 Å². The Morgan fingerprint density at radius 2 is 2.00 bits per heavy atom. The quantitative estimate of drug-likeness (QED) is 0.360. The summed E-state index contributed by atoms with van der Waals surface area (Å²) in [5.74, 6) is -1.69. The average Bonchev–Trinajstić information content (AvgIpc) is 2.32. The first kappa shape index (κ1) is 16.0. The largest absolute Gasteiger partial charge is 0.459 e. The zero-order valence-corrected chi connectivity index (χ0v) is 11.5. The Bertz CT molecular complexity index is 510. The van der Waals surface area contributed by atoms with E-state index in [4.69, 9.17) is 9.47 Å². The van der Waals surface area contributed by atoms with Crippen molar-refractivity contribution in [2.24, 2.45) is 0 Å². The van der Waals surface area contributed by atoms with E-state index in [9.17, 15) is 19.3 Å². The molecule has 0 aliphatic rings. The third kappa shape index (κ3) is 4.93. The van der Waals surface area contributed by atoms with Crippen LogP contribution in [-0.4, -0.2) is 29.7 Å². The number of nitro groups is 1. The van der Waals surface area contributed by atoms with E-state index in [1.165, 1.54) is 0 Å². The monoisotopic (exact) mass is 285 g/mol. The summed E-state index contributed by atoms with van der Waals surface area (Å²) in [6.07, 6.45) is 0. The normalized spacial score (nSPS) is 11.2. The van der Waals surface area contributed by atoms with E-state index in [0.717, 1.165) is 18.2 Å². The van der Waals surface area contributed by atoms with Gasteiger partial charge < -0.3 is 9.47 Å². The summed E-state index contributed by atoms with van der Waals surface area (Å²) in [5.41, 5.74) is -1.28. The van der Waals surface area contributed by atoms with Crippen molar-refractivity contribution in [1.82, 2.24) is 0 Å². The number of ether oxygens (including phenoxy) is 2. The van der Waals surface area contributed by atoms with Gasteiger partial charge in [0.1, 0.15) is 18.0 Å². The van der Waals surface area contributed by atoms with Gasteiger partial charge in [0.05, 0.1) is 17.1 Å². The molecule has 0 radical (unpaired) electrons. The summed E-state index contributed by atoms with van der Waals surface area (Å²) in [6.45, 7) is 5.60. The molecule has 0 aliphatic heterocycles. The van der Waals surface area contributed by atoms with Crippen LogP contribution in [0.25, 0.3) is 0 Å². The number of nitro benzene ring substituents is 1. The molecule has 0 bridgehead atoms. The maximum atomic E-state index is 13.1. The van der Waals surface area contributed by atoms with Crippen molar-refractivity contribution in [1.29, 1.82) is 0 Å². The number of nitrogens with zero attached hydrogens (tertiary/aromatic N) is 1. The topological polar surface area (TPSA) is 78.7 Å². The molecule has 0 unspecified atom stereocenters. The fourth-order valence-corrected chi connectivity index (χ4v) is 1.39. The lowest BCUT2D eigenvalue weighted by atomic mass is 10.2. The predicted octanol–water partition coefficient (Wildman–Crippen LogP) is 2.71. The van der Waals surface area contributed by atoms with Crippen LogP contribution in [0, 0.1) is 15.9 Å². The lowest BCUT2D eigenvalue weighted by Crippen LogP contribution is -2.22. The van der Waals surface area contributed by atoms with Crippen LogP contribution in [0.1, 0.15) is 31.1 Å². The first-order valence-electron chi connectivity index (χ1n) is 5.96. The van der Waals surface area contributed by atoms with Crippen molar-refractivity contribution in [3.63, 3.8) is 0 Å². The minimum absolute atomic E-state index is 0.0657. The summed E-state index contributed by atoms with van der Waals surface area (Å²) < 4.78 is 23.2. The van der Waals surface area contributed by atoms with Gasteiger partial charge in [-0.05, 0) is 32.9 Å². The molecule has 0 atom stereocenters. The molecule has 1 rings (SSSR count).